The molecule has 1 atom stereocenters. The second-order valence-electron chi connectivity index (χ2n) is 6.70. The van der Waals surface area contributed by atoms with Gasteiger partial charge in [0.25, 0.3) is 0 Å². The highest BCUT2D eigenvalue weighted by molar-refractivity contribution is 5.46. The van der Waals surface area contributed by atoms with Gasteiger partial charge in [0, 0.05) is 25.1 Å². The fourth-order valence-electron chi connectivity index (χ4n) is 3.50. The van der Waals surface area contributed by atoms with Gasteiger partial charge in [-0.05, 0) is 24.1 Å². The molecule has 0 bridgehead atoms. The van der Waals surface area contributed by atoms with E-state index < -0.39 is 0 Å². The first-order valence-electron chi connectivity index (χ1n) is 9.04. The number of ether oxygens (including phenoxy) is 1. The standard InChI is InChI=1S/C20H23N5O2/c1-14(15-6-4-3-5-7-15)25-20(26)24(13-23-25)17-8-9-18(19(10-17)27-2)16-11-21-22-12-16/h3-10,13-14,16,21-22H,11-12H2,1-2H3. The summed E-state index contributed by atoms with van der Waals surface area (Å²) in [6.07, 6.45) is 1.56. The van der Waals surface area contributed by atoms with Gasteiger partial charge in [0.2, 0.25) is 0 Å². The minimum Gasteiger partial charge on any atom is -0.496 e. The first kappa shape index (κ1) is 17.5. The SMILES string of the molecule is COc1cc(-n2cnn(C(C)c3ccccc3)c2=O)ccc1C1CNNC1. The fraction of sp³-hybridized carbons (Fsp3) is 0.300. The van der Waals surface area contributed by atoms with Crippen LogP contribution in [0, 0.1) is 0 Å². The molecule has 2 heterocycles. The van der Waals surface area contributed by atoms with E-state index in [-0.39, 0.29) is 11.7 Å². The second kappa shape index (κ2) is 7.38. The van der Waals surface area contributed by atoms with Crippen molar-refractivity contribution in [1.29, 1.82) is 0 Å². The summed E-state index contributed by atoms with van der Waals surface area (Å²) < 4.78 is 8.64. The molecule has 0 radical (unpaired) electrons. The topological polar surface area (TPSA) is 73.1 Å². The molecule has 3 aromatic rings. The normalized spacial score (nSPS) is 15.8. The number of nitrogens with zero attached hydrogens (tertiary/aromatic N) is 3. The van der Waals surface area contributed by atoms with E-state index in [4.69, 9.17) is 4.74 Å². The van der Waals surface area contributed by atoms with Gasteiger partial charge in [-0.1, -0.05) is 36.4 Å². The van der Waals surface area contributed by atoms with Crippen LogP contribution in [0.15, 0.2) is 59.7 Å². The Hall–Kier alpha value is -2.90. The number of rotatable bonds is 5. The van der Waals surface area contributed by atoms with Crippen molar-refractivity contribution < 1.29 is 4.74 Å². The third kappa shape index (κ3) is 3.27. The summed E-state index contributed by atoms with van der Waals surface area (Å²) >= 11 is 0. The molecule has 2 aromatic carbocycles. The van der Waals surface area contributed by atoms with E-state index in [1.54, 1.807) is 18.0 Å². The summed E-state index contributed by atoms with van der Waals surface area (Å²) in [6.45, 7) is 3.67. The summed E-state index contributed by atoms with van der Waals surface area (Å²) in [5.41, 5.74) is 9.00. The average molecular weight is 365 g/mol. The molecule has 7 nitrogen and oxygen atoms in total. The Kier molecular flexibility index (Phi) is 4.79. The van der Waals surface area contributed by atoms with Crippen LogP contribution in [0.1, 0.15) is 30.0 Å². The lowest BCUT2D eigenvalue weighted by molar-refractivity contribution is 0.406. The van der Waals surface area contributed by atoms with Crippen LogP contribution in [0.4, 0.5) is 0 Å². The number of nitrogens with one attached hydrogen (secondary N) is 2. The van der Waals surface area contributed by atoms with Gasteiger partial charge in [-0.15, -0.1) is 0 Å². The minimum absolute atomic E-state index is 0.142. The smallest absolute Gasteiger partial charge is 0.350 e. The summed E-state index contributed by atoms with van der Waals surface area (Å²) in [6, 6.07) is 15.6. The van der Waals surface area contributed by atoms with Crippen molar-refractivity contribution in [2.45, 2.75) is 18.9 Å². The molecule has 1 fully saturated rings. The van der Waals surface area contributed by atoms with Gasteiger partial charge in [0.05, 0.1) is 18.8 Å². The second-order valence-corrected chi connectivity index (χ2v) is 6.70. The van der Waals surface area contributed by atoms with Crippen molar-refractivity contribution in [3.63, 3.8) is 0 Å². The van der Waals surface area contributed by atoms with Crippen LogP contribution < -0.4 is 21.3 Å². The van der Waals surface area contributed by atoms with Gasteiger partial charge in [-0.2, -0.15) is 5.10 Å². The molecule has 1 saturated heterocycles. The Morgan fingerprint density at radius 1 is 1.15 bits per heavy atom. The average Bonchev–Trinajstić information content (AvgIpc) is 3.37. The molecule has 140 valence electrons. The van der Waals surface area contributed by atoms with E-state index in [0.717, 1.165) is 35.7 Å². The molecule has 1 unspecified atom stereocenters. The quantitative estimate of drug-likeness (QED) is 0.722. The molecule has 4 rings (SSSR count). The van der Waals surface area contributed by atoms with Crippen molar-refractivity contribution in [2.24, 2.45) is 0 Å². The van der Waals surface area contributed by atoms with Crippen LogP contribution in [0.25, 0.3) is 5.69 Å². The highest BCUT2D eigenvalue weighted by atomic mass is 16.5. The molecule has 2 N–H and O–H groups in total. The Morgan fingerprint density at radius 3 is 2.59 bits per heavy atom. The molecule has 27 heavy (non-hydrogen) atoms. The van der Waals surface area contributed by atoms with Gasteiger partial charge in [0.15, 0.2) is 0 Å². The maximum absolute atomic E-state index is 12.9. The molecule has 0 aliphatic carbocycles. The number of methoxy groups -OCH3 is 1. The molecule has 0 spiro atoms. The lowest BCUT2D eigenvalue weighted by Crippen LogP contribution is -2.27. The van der Waals surface area contributed by atoms with E-state index in [2.05, 4.69) is 16.0 Å². The third-order valence-electron chi connectivity index (χ3n) is 5.10. The van der Waals surface area contributed by atoms with Crippen LogP contribution in [0.5, 0.6) is 5.75 Å². The van der Waals surface area contributed by atoms with E-state index in [9.17, 15) is 4.79 Å². The predicted octanol–water partition coefficient (Wildman–Crippen LogP) is 1.84. The predicted molar refractivity (Wildman–Crippen MR) is 103 cm³/mol. The van der Waals surface area contributed by atoms with Gasteiger partial charge in [-0.3, -0.25) is 10.9 Å². The van der Waals surface area contributed by atoms with Crippen LogP contribution in [0.3, 0.4) is 0 Å². The first-order valence-corrected chi connectivity index (χ1v) is 9.04. The van der Waals surface area contributed by atoms with Gasteiger partial charge in [0.1, 0.15) is 12.1 Å². The molecule has 7 heteroatoms. The Bertz CT molecular complexity index is 974. The molecular formula is C20H23N5O2. The van der Waals surface area contributed by atoms with Crippen molar-refractivity contribution in [3.05, 3.63) is 76.5 Å². The highest BCUT2D eigenvalue weighted by Crippen LogP contribution is 2.29. The zero-order valence-electron chi connectivity index (χ0n) is 15.4. The van der Waals surface area contributed by atoms with Crippen molar-refractivity contribution in [2.75, 3.05) is 20.2 Å². The Morgan fingerprint density at radius 2 is 1.89 bits per heavy atom. The lowest BCUT2D eigenvalue weighted by Gasteiger charge is -2.15. The molecule has 0 saturated carbocycles. The summed E-state index contributed by atoms with van der Waals surface area (Å²) in [5.74, 6) is 1.12. The van der Waals surface area contributed by atoms with E-state index in [1.807, 2.05) is 55.5 Å². The van der Waals surface area contributed by atoms with Gasteiger partial charge >= 0.3 is 5.69 Å². The molecule has 0 amide bonds. The number of hydrogen-bond donors (Lipinski definition) is 2. The summed E-state index contributed by atoms with van der Waals surface area (Å²) in [5, 5.41) is 4.33. The maximum atomic E-state index is 12.9. The van der Waals surface area contributed by atoms with E-state index in [1.165, 1.54) is 4.68 Å². The molecule has 1 aliphatic heterocycles. The largest absolute Gasteiger partial charge is 0.496 e. The van der Waals surface area contributed by atoms with Crippen LogP contribution >= 0.6 is 0 Å². The van der Waals surface area contributed by atoms with Crippen LogP contribution in [0.2, 0.25) is 0 Å². The highest BCUT2D eigenvalue weighted by Gasteiger charge is 2.21. The van der Waals surface area contributed by atoms with Crippen LogP contribution in [-0.4, -0.2) is 34.5 Å². The molecule has 1 aliphatic rings. The minimum atomic E-state index is -0.176. The van der Waals surface area contributed by atoms with Crippen molar-refractivity contribution in [1.82, 2.24) is 25.2 Å². The molecule has 1 aromatic heterocycles. The molecular weight excluding hydrogens is 342 g/mol. The first-order chi connectivity index (χ1) is 13.2. The zero-order valence-corrected chi connectivity index (χ0v) is 15.4. The number of benzene rings is 2. The van der Waals surface area contributed by atoms with Crippen molar-refractivity contribution in [3.8, 4) is 11.4 Å². The summed E-state index contributed by atoms with van der Waals surface area (Å²) in [4.78, 5) is 12.9. The van der Waals surface area contributed by atoms with Crippen molar-refractivity contribution >= 4 is 0 Å². The van der Waals surface area contributed by atoms with Gasteiger partial charge in [-0.25, -0.2) is 14.0 Å². The Labute approximate surface area is 157 Å². The van der Waals surface area contributed by atoms with Gasteiger partial charge < -0.3 is 4.74 Å². The Balaban J connectivity index is 1.68. The van der Waals surface area contributed by atoms with E-state index >= 15 is 0 Å². The van der Waals surface area contributed by atoms with E-state index in [0.29, 0.717) is 5.92 Å². The summed E-state index contributed by atoms with van der Waals surface area (Å²) in [7, 11) is 1.65. The number of aromatic nitrogens is 3. The van der Waals surface area contributed by atoms with Crippen LogP contribution in [-0.2, 0) is 0 Å². The lowest BCUT2D eigenvalue weighted by atomic mass is 9.99. The monoisotopic (exact) mass is 365 g/mol. The maximum Gasteiger partial charge on any atom is 0.350 e. The third-order valence-corrected chi connectivity index (χ3v) is 5.10. The fourth-order valence-corrected chi connectivity index (χ4v) is 3.50. The zero-order chi connectivity index (χ0) is 18.8. The number of hydrogen-bond acceptors (Lipinski definition) is 5. The number of hydrazine groups is 1.